The van der Waals surface area contributed by atoms with Crippen LogP contribution in [0.2, 0.25) is 0 Å². The van der Waals surface area contributed by atoms with Gasteiger partial charge in [0.1, 0.15) is 0 Å². The van der Waals surface area contributed by atoms with E-state index >= 15 is 0 Å². The Hall–Kier alpha value is -3.20. The van der Waals surface area contributed by atoms with Crippen LogP contribution >= 0.6 is 16.5 Å². The zero-order valence-corrected chi connectivity index (χ0v) is 23.8. The Kier molecular flexibility index (Phi) is 8.55. The monoisotopic (exact) mass is 598 g/mol. The van der Waals surface area contributed by atoms with Gasteiger partial charge in [0.15, 0.2) is 0 Å². The molecule has 5 rings (SSSR count). The summed E-state index contributed by atoms with van der Waals surface area (Å²) >= 11 is 0. The highest BCUT2D eigenvalue weighted by Gasteiger charge is 2.37. The number of alkyl halides is 6. The Bertz CT molecular complexity index is 1470. The van der Waals surface area contributed by atoms with Gasteiger partial charge in [-0.3, -0.25) is 0 Å². The first kappa shape index (κ1) is 29.3. The Morgan fingerprint density at radius 3 is 1.80 bits per heavy atom. The molecule has 0 spiro atoms. The van der Waals surface area contributed by atoms with E-state index in [1.165, 1.54) is 10.6 Å². The van der Waals surface area contributed by atoms with Gasteiger partial charge in [0.25, 0.3) is 0 Å². The van der Waals surface area contributed by atoms with Crippen molar-refractivity contribution in [3.05, 3.63) is 149 Å². The van der Waals surface area contributed by atoms with Crippen LogP contribution in [0.1, 0.15) is 18.1 Å². The van der Waals surface area contributed by atoms with E-state index in [9.17, 15) is 26.3 Å². The molecular formula is C33H26F6P2. The summed E-state index contributed by atoms with van der Waals surface area (Å²) in [7, 11) is -1.13. The molecule has 0 radical (unpaired) electrons. The minimum Gasteiger partial charge on any atom is -0.166 e. The lowest BCUT2D eigenvalue weighted by atomic mass is 9.95. The molecule has 0 bridgehead atoms. The van der Waals surface area contributed by atoms with E-state index in [1.807, 2.05) is 73.7 Å². The molecule has 2 aliphatic carbocycles. The van der Waals surface area contributed by atoms with Gasteiger partial charge in [0.2, 0.25) is 0 Å². The van der Waals surface area contributed by atoms with Gasteiger partial charge in [-0.25, -0.2) is 0 Å². The Balaban J connectivity index is 1.52. The van der Waals surface area contributed by atoms with Gasteiger partial charge in [-0.1, -0.05) is 119 Å². The molecule has 2 aliphatic rings. The zero-order valence-electron chi connectivity index (χ0n) is 21.9. The quantitative estimate of drug-likeness (QED) is 0.197. The van der Waals surface area contributed by atoms with E-state index in [-0.39, 0.29) is 31.3 Å². The summed E-state index contributed by atoms with van der Waals surface area (Å²) in [5.41, 5.74) is 0.136. The molecule has 0 N–H and O–H groups in total. The molecule has 3 aromatic carbocycles. The summed E-state index contributed by atoms with van der Waals surface area (Å²) in [6.07, 6.45) is 4.36. The lowest BCUT2D eigenvalue weighted by molar-refractivity contribution is -0.142. The van der Waals surface area contributed by atoms with Crippen LogP contribution in [-0.2, 0) is 12.4 Å². The second-order valence-electron chi connectivity index (χ2n) is 9.74. The minimum absolute atomic E-state index is 0.0295. The van der Waals surface area contributed by atoms with Crippen LogP contribution in [-0.4, -0.2) is 11.3 Å². The summed E-state index contributed by atoms with van der Waals surface area (Å²) in [5.74, 6) is 0. The summed E-state index contributed by atoms with van der Waals surface area (Å²) in [4.78, 5) is 0. The largest absolute Gasteiger partial charge is 0.416 e. The van der Waals surface area contributed by atoms with E-state index < -0.39 is 31.4 Å². The first-order valence-corrected chi connectivity index (χ1v) is 15.4. The van der Waals surface area contributed by atoms with E-state index in [2.05, 4.69) is 36.4 Å². The summed E-state index contributed by atoms with van der Waals surface area (Å²) in [6, 6.07) is 22.5. The molecule has 0 saturated carbocycles. The predicted molar refractivity (Wildman–Crippen MR) is 159 cm³/mol. The molecule has 0 saturated heterocycles. The zero-order chi connectivity index (χ0) is 29.2. The average molecular weight is 599 g/mol. The van der Waals surface area contributed by atoms with Gasteiger partial charge in [-0.2, -0.15) is 26.3 Å². The second kappa shape index (κ2) is 12.0. The highest BCUT2D eigenvalue weighted by Crippen LogP contribution is 2.48. The summed E-state index contributed by atoms with van der Waals surface area (Å²) in [6.45, 7) is 1.86. The number of hydrogen-bond acceptors (Lipinski definition) is 0. The number of benzene rings is 3. The van der Waals surface area contributed by atoms with Gasteiger partial charge in [-0.15, -0.1) is 0 Å². The van der Waals surface area contributed by atoms with Crippen LogP contribution in [0.15, 0.2) is 138 Å². The van der Waals surface area contributed by atoms with Crippen molar-refractivity contribution in [3.63, 3.8) is 0 Å². The first-order valence-electron chi connectivity index (χ1n) is 13.0. The topological polar surface area (TPSA) is 0 Å². The van der Waals surface area contributed by atoms with E-state index in [0.29, 0.717) is 0 Å². The Morgan fingerprint density at radius 1 is 0.707 bits per heavy atom. The first-order chi connectivity index (χ1) is 19.5. The molecule has 0 nitrogen and oxygen atoms in total. The van der Waals surface area contributed by atoms with E-state index in [4.69, 9.17) is 0 Å². The fraction of sp³-hybridized carbons (Fsp3) is 0.152. The Morgan fingerprint density at radius 2 is 1.27 bits per heavy atom. The minimum atomic E-state index is -4.87. The van der Waals surface area contributed by atoms with Gasteiger partial charge < -0.3 is 0 Å². The molecule has 210 valence electrons. The van der Waals surface area contributed by atoms with Crippen molar-refractivity contribution in [1.29, 1.82) is 0 Å². The maximum absolute atomic E-state index is 13.5. The van der Waals surface area contributed by atoms with Gasteiger partial charge >= 0.3 is 12.4 Å². The molecule has 0 fully saturated rings. The van der Waals surface area contributed by atoms with Gasteiger partial charge in [-0.05, 0) is 58.8 Å². The average Bonchev–Trinajstić information content (AvgIpc) is 3.44. The van der Waals surface area contributed by atoms with Gasteiger partial charge in [0, 0.05) is 11.3 Å². The van der Waals surface area contributed by atoms with Crippen molar-refractivity contribution in [1.82, 2.24) is 0 Å². The maximum Gasteiger partial charge on any atom is 0.416 e. The standard InChI is InChI=1S/C33H26F6P2/c1-22(40-25-20-23(32(34,35)36)19-24(21-25)33(37,38)39)28-16-10-17-29(28)30-15-8-9-18-31(30)41(26-11-4-2-5-12-26)27-13-6-3-7-14-27/h2-22,31,40H,1H3/b30-29+/t22-,31?/m0/s1. The molecule has 8 heteroatoms. The molecule has 0 amide bonds. The molecular weight excluding hydrogens is 572 g/mol. The van der Waals surface area contributed by atoms with Crippen LogP contribution in [0.4, 0.5) is 26.3 Å². The second-order valence-corrected chi connectivity index (χ2v) is 13.8. The predicted octanol–water partition coefficient (Wildman–Crippen LogP) is 8.84. The number of hydrogen-bond donors (Lipinski definition) is 0. The summed E-state index contributed by atoms with van der Waals surface area (Å²) < 4.78 is 80.8. The Labute approximate surface area is 238 Å². The third kappa shape index (κ3) is 6.66. The van der Waals surface area contributed by atoms with Crippen LogP contribution in [0, 0.1) is 0 Å². The normalized spacial score (nSPS) is 19.9. The highest BCUT2D eigenvalue weighted by atomic mass is 31.1. The van der Waals surface area contributed by atoms with Crippen LogP contribution in [0.3, 0.4) is 0 Å². The molecule has 0 aliphatic heterocycles. The van der Waals surface area contributed by atoms with Gasteiger partial charge in [0.05, 0.1) is 11.1 Å². The van der Waals surface area contributed by atoms with Crippen molar-refractivity contribution >= 4 is 32.4 Å². The third-order valence-electron chi connectivity index (χ3n) is 6.94. The maximum atomic E-state index is 13.5. The van der Waals surface area contributed by atoms with Crippen molar-refractivity contribution in [2.75, 3.05) is 0 Å². The van der Waals surface area contributed by atoms with Crippen molar-refractivity contribution < 1.29 is 26.3 Å². The van der Waals surface area contributed by atoms with Crippen molar-refractivity contribution in [2.24, 2.45) is 0 Å². The highest BCUT2D eigenvalue weighted by molar-refractivity contribution is 7.74. The van der Waals surface area contributed by atoms with E-state index in [0.717, 1.165) is 28.9 Å². The molecule has 3 aromatic rings. The van der Waals surface area contributed by atoms with Crippen molar-refractivity contribution in [3.8, 4) is 0 Å². The summed E-state index contributed by atoms with van der Waals surface area (Å²) in [5, 5.41) is 2.45. The molecule has 3 atom stereocenters. The molecule has 0 aromatic heterocycles. The SMILES string of the molecule is C[C@H](Pc1cc(C(F)(F)F)cc(C(F)(F)F)c1)C1=CC=C/C1=C1/C=CC=CC1P(c1ccccc1)c1ccccc1. The van der Waals surface area contributed by atoms with Crippen LogP contribution in [0.5, 0.6) is 0 Å². The van der Waals surface area contributed by atoms with Crippen LogP contribution < -0.4 is 15.9 Å². The number of rotatable bonds is 6. The third-order valence-corrected chi connectivity index (χ3v) is 11.0. The number of allylic oxidation sites excluding steroid dienone is 10. The smallest absolute Gasteiger partial charge is 0.166 e. The molecule has 41 heavy (non-hydrogen) atoms. The van der Waals surface area contributed by atoms with E-state index in [1.54, 1.807) is 0 Å². The molecule has 0 heterocycles. The van der Waals surface area contributed by atoms with Crippen LogP contribution in [0.25, 0.3) is 0 Å². The lowest BCUT2D eigenvalue weighted by Gasteiger charge is -2.31. The molecule has 2 unspecified atom stereocenters. The van der Waals surface area contributed by atoms with Crippen molar-refractivity contribution in [2.45, 2.75) is 30.6 Å². The number of halogens is 6. The fourth-order valence-corrected chi connectivity index (χ4v) is 9.18. The fourth-order valence-electron chi connectivity index (χ4n) is 5.09. The lowest BCUT2D eigenvalue weighted by Crippen LogP contribution is -2.23.